The van der Waals surface area contributed by atoms with Gasteiger partial charge >= 0.3 is 0 Å². The van der Waals surface area contributed by atoms with Crippen LogP contribution in [0.25, 0.3) is 0 Å². The Morgan fingerprint density at radius 3 is 2.62 bits per heavy atom. The van der Waals surface area contributed by atoms with Gasteiger partial charge in [0.05, 0.1) is 11.4 Å². The zero-order chi connectivity index (χ0) is 15.1. The third-order valence-corrected chi connectivity index (χ3v) is 3.54. The number of nitrogens with one attached hydrogen (secondary N) is 1. The molecular formula is C18H25N3. The second-order valence-corrected chi connectivity index (χ2v) is 5.59. The average Bonchev–Trinajstić information content (AvgIpc) is 2.48. The molecule has 0 radical (unpaired) electrons. The summed E-state index contributed by atoms with van der Waals surface area (Å²) in [5, 5.41) is 3.42. The second kappa shape index (κ2) is 7.70. The van der Waals surface area contributed by atoms with E-state index in [0.717, 1.165) is 37.4 Å². The Morgan fingerprint density at radius 1 is 1.10 bits per heavy atom. The van der Waals surface area contributed by atoms with Crippen LogP contribution in [0, 0.1) is 6.92 Å². The fourth-order valence-electron chi connectivity index (χ4n) is 2.37. The molecule has 0 saturated carbocycles. The molecule has 0 aromatic heterocycles. The molecule has 0 amide bonds. The Labute approximate surface area is 127 Å². The Hall–Kier alpha value is -2.00. The molecule has 0 saturated heterocycles. The van der Waals surface area contributed by atoms with Crippen LogP contribution in [0.2, 0.25) is 0 Å². The topological polar surface area (TPSA) is 41.3 Å². The molecule has 0 unspecified atom stereocenters. The van der Waals surface area contributed by atoms with E-state index in [1.54, 1.807) is 0 Å². The van der Waals surface area contributed by atoms with Gasteiger partial charge in [-0.25, -0.2) is 0 Å². The molecule has 2 aromatic carbocycles. The molecule has 3 nitrogen and oxygen atoms in total. The number of hydrogen-bond donors (Lipinski definition) is 2. The number of aryl methyl sites for hydroxylation is 1. The summed E-state index contributed by atoms with van der Waals surface area (Å²) >= 11 is 0. The highest BCUT2D eigenvalue weighted by Crippen LogP contribution is 2.19. The minimum absolute atomic E-state index is 0.818. The molecule has 0 fully saturated rings. The lowest BCUT2D eigenvalue weighted by atomic mass is 10.2. The van der Waals surface area contributed by atoms with Crippen LogP contribution in [0.15, 0.2) is 48.5 Å². The van der Waals surface area contributed by atoms with Crippen LogP contribution in [-0.2, 0) is 6.54 Å². The van der Waals surface area contributed by atoms with Crippen molar-refractivity contribution in [1.29, 1.82) is 0 Å². The standard InChI is InChI=1S/C18H25N3/c1-15-9-10-17(19)18(13-15)20-11-6-12-21(2)14-16-7-4-3-5-8-16/h3-5,7-10,13,20H,6,11-12,14,19H2,1-2H3. The molecule has 0 aliphatic carbocycles. The van der Waals surface area contributed by atoms with Gasteiger partial charge in [0.15, 0.2) is 0 Å². The monoisotopic (exact) mass is 283 g/mol. The van der Waals surface area contributed by atoms with E-state index in [4.69, 9.17) is 5.73 Å². The van der Waals surface area contributed by atoms with Crippen LogP contribution in [0.5, 0.6) is 0 Å². The van der Waals surface area contributed by atoms with Crippen molar-refractivity contribution in [3.63, 3.8) is 0 Å². The minimum Gasteiger partial charge on any atom is -0.397 e. The third kappa shape index (κ3) is 5.12. The maximum Gasteiger partial charge on any atom is 0.0576 e. The van der Waals surface area contributed by atoms with Gasteiger partial charge in [-0.15, -0.1) is 0 Å². The average molecular weight is 283 g/mol. The minimum atomic E-state index is 0.818. The van der Waals surface area contributed by atoms with Crippen LogP contribution in [0.1, 0.15) is 17.5 Å². The molecule has 2 aromatic rings. The van der Waals surface area contributed by atoms with Gasteiger partial charge in [-0.1, -0.05) is 36.4 Å². The lowest BCUT2D eigenvalue weighted by Gasteiger charge is -2.17. The van der Waals surface area contributed by atoms with Gasteiger partial charge in [-0.2, -0.15) is 0 Å². The summed E-state index contributed by atoms with van der Waals surface area (Å²) in [5.74, 6) is 0. The van der Waals surface area contributed by atoms with Crippen LogP contribution < -0.4 is 11.1 Å². The van der Waals surface area contributed by atoms with E-state index < -0.39 is 0 Å². The highest BCUT2D eigenvalue weighted by atomic mass is 15.1. The van der Waals surface area contributed by atoms with Crippen LogP contribution in [0.4, 0.5) is 11.4 Å². The Morgan fingerprint density at radius 2 is 1.86 bits per heavy atom. The normalized spacial score (nSPS) is 10.8. The highest BCUT2D eigenvalue weighted by molar-refractivity contribution is 5.66. The zero-order valence-corrected chi connectivity index (χ0v) is 13.0. The summed E-state index contributed by atoms with van der Waals surface area (Å²) in [6, 6.07) is 16.7. The zero-order valence-electron chi connectivity index (χ0n) is 13.0. The Bertz CT molecular complexity index is 552. The first-order chi connectivity index (χ1) is 10.1. The van der Waals surface area contributed by atoms with Crippen molar-refractivity contribution >= 4 is 11.4 Å². The van der Waals surface area contributed by atoms with E-state index in [-0.39, 0.29) is 0 Å². The number of nitrogens with zero attached hydrogens (tertiary/aromatic N) is 1. The van der Waals surface area contributed by atoms with Crippen molar-refractivity contribution in [1.82, 2.24) is 4.90 Å². The van der Waals surface area contributed by atoms with Crippen LogP contribution in [-0.4, -0.2) is 25.0 Å². The Balaban J connectivity index is 1.71. The number of nitrogens with two attached hydrogens (primary N) is 1. The largest absolute Gasteiger partial charge is 0.397 e. The molecule has 0 aliphatic rings. The molecule has 112 valence electrons. The number of hydrogen-bond acceptors (Lipinski definition) is 3. The van der Waals surface area contributed by atoms with E-state index in [1.807, 2.05) is 12.1 Å². The highest BCUT2D eigenvalue weighted by Gasteiger charge is 2.01. The summed E-state index contributed by atoms with van der Waals surface area (Å²) in [7, 11) is 2.16. The summed E-state index contributed by atoms with van der Waals surface area (Å²) < 4.78 is 0. The molecule has 0 aliphatic heterocycles. The van der Waals surface area contributed by atoms with Gasteiger partial charge in [0.25, 0.3) is 0 Å². The van der Waals surface area contributed by atoms with Gasteiger partial charge in [-0.3, -0.25) is 0 Å². The molecule has 0 spiro atoms. The molecule has 0 bridgehead atoms. The number of benzene rings is 2. The van der Waals surface area contributed by atoms with Crippen molar-refractivity contribution in [2.45, 2.75) is 19.9 Å². The third-order valence-electron chi connectivity index (χ3n) is 3.54. The summed E-state index contributed by atoms with van der Waals surface area (Å²) in [6.45, 7) is 5.08. The molecule has 3 heteroatoms. The molecule has 0 heterocycles. The van der Waals surface area contributed by atoms with Crippen molar-refractivity contribution in [3.8, 4) is 0 Å². The maximum absolute atomic E-state index is 5.96. The van der Waals surface area contributed by atoms with Gasteiger partial charge in [0.2, 0.25) is 0 Å². The SMILES string of the molecule is Cc1ccc(N)c(NCCCN(C)Cc2ccccc2)c1. The first-order valence-corrected chi connectivity index (χ1v) is 7.47. The number of anilines is 2. The molecule has 2 rings (SSSR count). The smallest absolute Gasteiger partial charge is 0.0576 e. The van der Waals surface area contributed by atoms with Gasteiger partial charge in [-0.05, 0) is 50.2 Å². The van der Waals surface area contributed by atoms with Gasteiger partial charge in [0.1, 0.15) is 0 Å². The summed E-state index contributed by atoms with van der Waals surface area (Å²) in [6.07, 6.45) is 1.09. The van der Waals surface area contributed by atoms with E-state index in [2.05, 4.69) is 60.6 Å². The van der Waals surface area contributed by atoms with E-state index >= 15 is 0 Å². The summed E-state index contributed by atoms with van der Waals surface area (Å²) in [5.41, 5.74) is 10.4. The first kappa shape index (κ1) is 15.4. The predicted molar refractivity (Wildman–Crippen MR) is 91.5 cm³/mol. The van der Waals surface area contributed by atoms with Crippen LogP contribution in [0.3, 0.4) is 0 Å². The van der Waals surface area contributed by atoms with Gasteiger partial charge < -0.3 is 16.0 Å². The second-order valence-electron chi connectivity index (χ2n) is 5.59. The number of rotatable bonds is 7. The van der Waals surface area contributed by atoms with Crippen molar-refractivity contribution < 1.29 is 0 Å². The predicted octanol–water partition coefficient (Wildman–Crippen LogP) is 3.51. The van der Waals surface area contributed by atoms with E-state index in [0.29, 0.717) is 0 Å². The quantitative estimate of drug-likeness (QED) is 0.603. The van der Waals surface area contributed by atoms with E-state index in [9.17, 15) is 0 Å². The van der Waals surface area contributed by atoms with Crippen molar-refractivity contribution in [2.75, 3.05) is 31.2 Å². The lowest BCUT2D eigenvalue weighted by Crippen LogP contribution is -2.21. The van der Waals surface area contributed by atoms with E-state index in [1.165, 1.54) is 11.1 Å². The van der Waals surface area contributed by atoms with Crippen molar-refractivity contribution in [3.05, 3.63) is 59.7 Å². The summed E-state index contributed by atoms with van der Waals surface area (Å²) in [4.78, 5) is 2.34. The Kier molecular flexibility index (Phi) is 5.64. The fraction of sp³-hybridized carbons (Fsp3) is 0.333. The maximum atomic E-state index is 5.96. The number of nitrogen functional groups attached to an aromatic ring is 1. The molecule has 21 heavy (non-hydrogen) atoms. The van der Waals surface area contributed by atoms with Gasteiger partial charge in [0, 0.05) is 13.1 Å². The lowest BCUT2D eigenvalue weighted by molar-refractivity contribution is 0.325. The first-order valence-electron chi connectivity index (χ1n) is 7.47. The molecule has 0 atom stereocenters. The molecular weight excluding hydrogens is 258 g/mol. The van der Waals surface area contributed by atoms with Crippen LogP contribution >= 0.6 is 0 Å². The fourth-order valence-corrected chi connectivity index (χ4v) is 2.37. The molecule has 3 N–H and O–H groups in total. The van der Waals surface area contributed by atoms with Crippen molar-refractivity contribution in [2.24, 2.45) is 0 Å².